The van der Waals surface area contributed by atoms with Crippen LogP contribution >= 0.6 is 0 Å². The summed E-state index contributed by atoms with van der Waals surface area (Å²) < 4.78 is 0. The van der Waals surface area contributed by atoms with E-state index >= 15 is 0 Å². The number of hydrogen-bond donors (Lipinski definition) is 1. The van der Waals surface area contributed by atoms with Crippen molar-refractivity contribution in [2.75, 3.05) is 0 Å². The van der Waals surface area contributed by atoms with Gasteiger partial charge in [-0.15, -0.1) is 0 Å². The van der Waals surface area contributed by atoms with E-state index in [0.29, 0.717) is 6.42 Å². The second-order valence-electron chi connectivity index (χ2n) is 3.28. The van der Waals surface area contributed by atoms with E-state index in [0.717, 1.165) is 44.5 Å². The van der Waals surface area contributed by atoms with Gasteiger partial charge in [0.05, 0.1) is 0 Å². The highest BCUT2D eigenvalue weighted by atomic mass is 16.4. The molecule has 0 atom stereocenters. The zero-order chi connectivity index (χ0) is 11.4. The van der Waals surface area contributed by atoms with Gasteiger partial charge in [0.25, 0.3) is 0 Å². The van der Waals surface area contributed by atoms with Crippen LogP contribution in [0.1, 0.15) is 38.5 Å². The van der Waals surface area contributed by atoms with Crippen LogP contribution in [0.4, 0.5) is 0 Å². The zero-order valence-electron chi connectivity index (χ0n) is 8.89. The van der Waals surface area contributed by atoms with Crippen LogP contribution in [0.15, 0.2) is 24.3 Å². The first-order chi connectivity index (χ1) is 7.27. The minimum atomic E-state index is -0.923. The molecule has 0 amide bonds. The lowest BCUT2D eigenvalue weighted by Gasteiger charge is -1.94. The van der Waals surface area contributed by atoms with Gasteiger partial charge in [0.2, 0.25) is 0 Å². The molecule has 0 rings (SSSR count). The molecule has 0 unspecified atom stereocenters. The van der Waals surface area contributed by atoms with Crippen LogP contribution in [0.2, 0.25) is 0 Å². The molecule has 0 saturated heterocycles. The van der Waals surface area contributed by atoms with E-state index in [1.165, 1.54) is 6.08 Å². The summed E-state index contributed by atoms with van der Waals surface area (Å²) in [6, 6.07) is 0. The topological polar surface area (TPSA) is 54.4 Å². The molecule has 3 heteroatoms. The van der Waals surface area contributed by atoms with Crippen LogP contribution in [0.25, 0.3) is 0 Å². The minimum Gasteiger partial charge on any atom is -0.478 e. The normalized spacial score (nSPS) is 11.2. The first-order valence-corrected chi connectivity index (χ1v) is 5.27. The van der Waals surface area contributed by atoms with Gasteiger partial charge in [-0.1, -0.05) is 31.1 Å². The smallest absolute Gasteiger partial charge is 0.328 e. The van der Waals surface area contributed by atoms with E-state index in [9.17, 15) is 9.59 Å². The van der Waals surface area contributed by atoms with Crippen LogP contribution in [0.5, 0.6) is 0 Å². The van der Waals surface area contributed by atoms with Crippen LogP contribution in [0, 0.1) is 0 Å². The summed E-state index contributed by atoms with van der Waals surface area (Å²) >= 11 is 0. The summed E-state index contributed by atoms with van der Waals surface area (Å²) in [4.78, 5) is 20.1. The largest absolute Gasteiger partial charge is 0.478 e. The lowest BCUT2D eigenvalue weighted by Crippen LogP contribution is -1.84. The molecular weight excluding hydrogens is 192 g/mol. The van der Waals surface area contributed by atoms with Crippen molar-refractivity contribution in [3.63, 3.8) is 0 Å². The molecule has 0 bridgehead atoms. The summed E-state index contributed by atoms with van der Waals surface area (Å²) in [6.07, 6.45) is 13.2. The summed E-state index contributed by atoms with van der Waals surface area (Å²) in [5, 5.41) is 8.29. The van der Waals surface area contributed by atoms with Crippen LogP contribution in [-0.2, 0) is 9.59 Å². The molecule has 0 aliphatic rings. The summed E-state index contributed by atoms with van der Waals surface area (Å²) in [5.41, 5.74) is 0. The van der Waals surface area contributed by atoms with E-state index < -0.39 is 5.97 Å². The Balaban J connectivity index is 3.23. The summed E-state index contributed by atoms with van der Waals surface area (Å²) in [7, 11) is 0. The van der Waals surface area contributed by atoms with Crippen molar-refractivity contribution in [3.05, 3.63) is 24.3 Å². The molecule has 1 N–H and O–H groups in total. The third kappa shape index (κ3) is 12.6. The second kappa shape index (κ2) is 10.7. The van der Waals surface area contributed by atoms with Crippen molar-refractivity contribution < 1.29 is 14.7 Å². The molecule has 0 fully saturated rings. The lowest BCUT2D eigenvalue weighted by molar-refractivity contribution is -0.131. The Labute approximate surface area is 90.5 Å². The SMILES string of the molecule is O=CCCCCCCC=CC=CC(=O)O. The Bertz CT molecular complexity index is 229. The average Bonchev–Trinajstić information content (AvgIpc) is 2.20. The zero-order valence-corrected chi connectivity index (χ0v) is 8.89. The average molecular weight is 210 g/mol. The van der Waals surface area contributed by atoms with Gasteiger partial charge in [0, 0.05) is 12.5 Å². The second-order valence-corrected chi connectivity index (χ2v) is 3.28. The fraction of sp³-hybridized carbons (Fsp3) is 0.500. The maximum absolute atomic E-state index is 10.1. The highest BCUT2D eigenvalue weighted by Gasteiger charge is 1.87. The number of aldehydes is 1. The van der Waals surface area contributed by atoms with Gasteiger partial charge < -0.3 is 9.90 Å². The Morgan fingerprint density at radius 1 is 1.00 bits per heavy atom. The predicted molar refractivity (Wildman–Crippen MR) is 59.7 cm³/mol. The minimum absolute atomic E-state index is 0.664. The quantitative estimate of drug-likeness (QED) is 0.275. The molecule has 0 aromatic heterocycles. The Morgan fingerprint density at radius 3 is 2.27 bits per heavy atom. The predicted octanol–water partition coefficient (Wildman–Crippen LogP) is 2.72. The molecule has 15 heavy (non-hydrogen) atoms. The Kier molecular flexibility index (Phi) is 9.71. The van der Waals surface area contributed by atoms with Crippen LogP contribution in [0.3, 0.4) is 0 Å². The maximum atomic E-state index is 10.1. The van der Waals surface area contributed by atoms with Crippen LogP contribution < -0.4 is 0 Å². The van der Waals surface area contributed by atoms with Gasteiger partial charge in [0.1, 0.15) is 6.29 Å². The summed E-state index contributed by atoms with van der Waals surface area (Å²) in [6.45, 7) is 0. The lowest BCUT2D eigenvalue weighted by atomic mass is 10.1. The van der Waals surface area contributed by atoms with E-state index in [1.807, 2.05) is 6.08 Å². The molecular formula is C12H18O3. The molecule has 0 aliphatic carbocycles. The number of unbranched alkanes of at least 4 members (excludes halogenated alkanes) is 5. The van der Waals surface area contributed by atoms with Gasteiger partial charge >= 0.3 is 5.97 Å². The van der Waals surface area contributed by atoms with Gasteiger partial charge in [0.15, 0.2) is 0 Å². The molecule has 0 aliphatic heterocycles. The number of hydrogen-bond acceptors (Lipinski definition) is 2. The van der Waals surface area contributed by atoms with Gasteiger partial charge in [-0.2, -0.15) is 0 Å². The van der Waals surface area contributed by atoms with E-state index in [1.54, 1.807) is 6.08 Å². The Morgan fingerprint density at radius 2 is 1.67 bits per heavy atom. The number of aliphatic carboxylic acids is 1. The van der Waals surface area contributed by atoms with Gasteiger partial charge in [-0.05, 0) is 19.3 Å². The number of carboxylic acids is 1. The monoisotopic (exact) mass is 210 g/mol. The first kappa shape index (κ1) is 13.6. The molecule has 3 nitrogen and oxygen atoms in total. The fourth-order valence-electron chi connectivity index (χ4n) is 1.16. The van der Waals surface area contributed by atoms with E-state index in [-0.39, 0.29) is 0 Å². The fourth-order valence-corrected chi connectivity index (χ4v) is 1.16. The van der Waals surface area contributed by atoms with E-state index in [4.69, 9.17) is 5.11 Å². The van der Waals surface area contributed by atoms with Crippen LogP contribution in [-0.4, -0.2) is 17.4 Å². The van der Waals surface area contributed by atoms with Crippen molar-refractivity contribution in [2.24, 2.45) is 0 Å². The molecule has 0 radical (unpaired) electrons. The summed E-state index contributed by atoms with van der Waals surface area (Å²) in [5.74, 6) is -0.923. The maximum Gasteiger partial charge on any atom is 0.328 e. The van der Waals surface area contributed by atoms with Crippen molar-refractivity contribution in [2.45, 2.75) is 38.5 Å². The molecule has 84 valence electrons. The standard InChI is InChI=1S/C12H18O3/c13-11-9-7-5-3-1-2-4-6-8-10-12(14)15/h4,6,8,10-11H,1-3,5,7,9H2,(H,14,15). The number of carboxylic acid groups (broad SMARTS) is 1. The molecule has 0 heterocycles. The van der Waals surface area contributed by atoms with Crippen molar-refractivity contribution >= 4 is 12.3 Å². The number of rotatable bonds is 9. The molecule has 0 saturated carbocycles. The molecule has 0 aromatic rings. The number of allylic oxidation sites excluding steroid dienone is 3. The first-order valence-electron chi connectivity index (χ1n) is 5.27. The third-order valence-corrected chi connectivity index (χ3v) is 1.93. The highest BCUT2D eigenvalue weighted by molar-refractivity contribution is 5.80. The van der Waals surface area contributed by atoms with Crippen molar-refractivity contribution in [1.82, 2.24) is 0 Å². The van der Waals surface area contributed by atoms with Crippen molar-refractivity contribution in [3.8, 4) is 0 Å². The Hall–Kier alpha value is -1.38. The number of carbonyl (C=O) groups excluding carboxylic acids is 1. The highest BCUT2D eigenvalue weighted by Crippen LogP contribution is 2.04. The van der Waals surface area contributed by atoms with Crippen molar-refractivity contribution in [1.29, 1.82) is 0 Å². The molecule has 0 spiro atoms. The number of carbonyl (C=O) groups is 2. The third-order valence-electron chi connectivity index (χ3n) is 1.93. The van der Waals surface area contributed by atoms with Gasteiger partial charge in [-0.3, -0.25) is 0 Å². The van der Waals surface area contributed by atoms with E-state index in [2.05, 4.69) is 0 Å². The van der Waals surface area contributed by atoms with Gasteiger partial charge in [-0.25, -0.2) is 4.79 Å². The molecule has 0 aromatic carbocycles.